The highest BCUT2D eigenvalue weighted by molar-refractivity contribution is 5.86. The van der Waals surface area contributed by atoms with E-state index in [1.165, 1.54) is 6.07 Å². The first-order chi connectivity index (χ1) is 16.4. The van der Waals surface area contributed by atoms with Crippen LogP contribution in [0.25, 0.3) is 11.6 Å². The number of halogens is 8. The van der Waals surface area contributed by atoms with Crippen molar-refractivity contribution in [2.45, 2.75) is 25.2 Å². The van der Waals surface area contributed by atoms with E-state index >= 15 is 0 Å². The zero-order valence-electron chi connectivity index (χ0n) is 17.8. The van der Waals surface area contributed by atoms with Gasteiger partial charge in [-0.25, -0.2) is 8.78 Å². The molecule has 0 atom stereocenters. The topological polar surface area (TPSA) is 21.3 Å². The molecule has 1 heterocycles. The highest BCUT2D eigenvalue weighted by Gasteiger charge is 2.29. The van der Waals surface area contributed by atoms with Crippen molar-refractivity contribution in [1.82, 2.24) is 0 Å². The van der Waals surface area contributed by atoms with Gasteiger partial charge in [0.05, 0.1) is 5.69 Å². The van der Waals surface area contributed by atoms with Gasteiger partial charge in [-0.3, -0.25) is 0 Å². The molecule has 1 aliphatic rings. The summed E-state index contributed by atoms with van der Waals surface area (Å²) in [5.74, 6) is -1.68. The van der Waals surface area contributed by atoms with Crippen LogP contribution in [0.2, 0.25) is 0 Å². The van der Waals surface area contributed by atoms with Crippen molar-refractivity contribution < 1.29 is 39.9 Å². The van der Waals surface area contributed by atoms with E-state index in [0.29, 0.717) is 11.1 Å². The van der Waals surface area contributed by atoms with E-state index in [-0.39, 0.29) is 27.5 Å². The molecule has 3 aromatic rings. The van der Waals surface area contributed by atoms with Crippen LogP contribution in [0, 0.1) is 11.6 Å². The Morgan fingerprint density at radius 3 is 2.17 bits per heavy atom. The molecule has 1 N–H and O–H groups in total. The molecule has 10 heteroatoms. The zero-order chi connectivity index (χ0) is 25.4. The van der Waals surface area contributed by atoms with Crippen molar-refractivity contribution in [3.63, 3.8) is 0 Å². The third kappa shape index (κ3) is 5.75. The molecule has 2 nitrogen and oxygen atoms in total. The van der Waals surface area contributed by atoms with Crippen LogP contribution in [0.4, 0.5) is 40.8 Å². The van der Waals surface area contributed by atoms with Crippen LogP contribution in [-0.2, 0) is 0 Å². The molecule has 0 radical (unpaired) electrons. The minimum atomic E-state index is -4.59. The fourth-order valence-corrected chi connectivity index (χ4v) is 3.74. The molecule has 184 valence electrons. The van der Waals surface area contributed by atoms with Crippen LogP contribution in [0.1, 0.15) is 24.0 Å². The standard InChI is InChI=1S/C25H17F8NO/c26-18-10-16-21(9-15(18)7-4-8-24(28,29)30)35-22-12-20(34-13-25(31,32)33)19(27)11-17(22)23(16)14-5-2-1-3-6-14/h1-3,5-7,9-12,34H,4,8,13H2/b15-7-. The predicted molar refractivity (Wildman–Crippen MR) is 114 cm³/mol. The van der Waals surface area contributed by atoms with Gasteiger partial charge in [0.25, 0.3) is 0 Å². The number of alkyl halides is 6. The summed E-state index contributed by atoms with van der Waals surface area (Å²) in [5, 5.41) is 2.08. The third-order valence-electron chi connectivity index (χ3n) is 5.26. The summed E-state index contributed by atoms with van der Waals surface area (Å²) in [4.78, 5) is 0. The monoisotopic (exact) mass is 499 g/mol. The van der Waals surface area contributed by atoms with Gasteiger partial charge in [0, 0.05) is 34.1 Å². The third-order valence-corrected chi connectivity index (χ3v) is 5.26. The molecule has 3 aromatic carbocycles. The fraction of sp³-hybridized carbons (Fsp3) is 0.200. The van der Waals surface area contributed by atoms with E-state index in [0.717, 1.165) is 24.3 Å². The van der Waals surface area contributed by atoms with Gasteiger partial charge in [-0.1, -0.05) is 36.4 Å². The van der Waals surface area contributed by atoms with Crippen LogP contribution >= 0.6 is 0 Å². The molecule has 35 heavy (non-hydrogen) atoms. The molecule has 0 saturated heterocycles. The summed E-state index contributed by atoms with van der Waals surface area (Å²) in [6.45, 7) is -1.47. The Morgan fingerprint density at radius 1 is 0.800 bits per heavy atom. The fourth-order valence-electron chi connectivity index (χ4n) is 3.74. The average molecular weight is 499 g/mol. The number of hydrogen-bond acceptors (Lipinski definition) is 2. The van der Waals surface area contributed by atoms with Crippen molar-refractivity contribution in [2.75, 3.05) is 11.9 Å². The van der Waals surface area contributed by atoms with Gasteiger partial charge in [-0.05, 0) is 30.2 Å². The number of benzene rings is 3. The second kappa shape index (κ2) is 9.24. The lowest BCUT2D eigenvalue weighted by atomic mass is 9.92. The largest absolute Gasteiger partial charge is 0.456 e. The minimum absolute atomic E-state index is 0.00952. The number of fused-ring (bicyclic) bond motifs is 2. The highest BCUT2D eigenvalue weighted by atomic mass is 19.4. The van der Waals surface area contributed by atoms with Gasteiger partial charge in [0.1, 0.15) is 29.7 Å². The lowest BCUT2D eigenvalue weighted by Crippen LogP contribution is -2.24. The molecule has 0 spiro atoms. The summed E-state index contributed by atoms with van der Waals surface area (Å²) in [5.41, 5.74) is 0.661. The molecule has 0 aromatic heterocycles. The molecule has 1 aliphatic heterocycles. The van der Waals surface area contributed by atoms with Crippen molar-refractivity contribution in [3.05, 3.63) is 87.8 Å². The Hall–Kier alpha value is -3.56. The average Bonchev–Trinajstić information content (AvgIpc) is 2.76. The van der Waals surface area contributed by atoms with Gasteiger partial charge in [0.15, 0.2) is 0 Å². The summed E-state index contributed by atoms with van der Waals surface area (Å²) in [6.07, 6.45) is -9.50. The Bertz CT molecular complexity index is 1360. The van der Waals surface area contributed by atoms with Gasteiger partial charge in [-0.15, -0.1) is 0 Å². The van der Waals surface area contributed by atoms with E-state index < -0.39 is 49.1 Å². The summed E-state index contributed by atoms with van der Waals surface area (Å²) < 4.78 is 111. The van der Waals surface area contributed by atoms with Crippen LogP contribution < -0.4 is 20.5 Å². The number of nitrogens with one attached hydrogen (secondary N) is 1. The van der Waals surface area contributed by atoms with Crippen LogP contribution in [0.15, 0.2) is 54.6 Å². The molecule has 0 bridgehead atoms. The van der Waals surface area contributed by atoms with Crippen LogP contribution in [0.3, 0.4) is 0 Å². The number of anilines is 1. The second-order valence-electron chi connectivity index (χ2n) is 7.87. The molecule has 0 amide bonds. The lowest BCUT2D eigenvalue weighted by Gasteiger charge is -2.23. The molecular weight excluding hydrogens is 482 g/mol. The molecule has 0 fully saturated rings. The van der Waals surface area contributed by atoms with Crippen LogP contribution in [-0.4, -0.2) is 18.9 Å². The normalized spacial score (nSPS) is 13.8. The minimum Gasteiger partial charge on any atom is -0.456 e. The Labute approximate surface area is 194 Å². The van der Waals surface area contributed by atoms with Gasteiger partial charge in [-0.2, -0.15) is 26.3 Å². The van der Waals surface area contributed by atoms with Gasteiger partial charge >= 0.3 is 12.4 Å². The first-order valence-electron chi connectivity index (χ1n) is 10.4. The van der Waals surface area contributed by atoms with Crippen molar-refractivity contribution in [3.8, 4) is 11.5 Å². The van der Waals surface area contributed by atoms with E-state index in [1.807, 2.05) is 5.32 Å². The highest BCUT2D eigenvalue weighted by Crippen LogP contribution is 2.39. The van der Waals surface area contributed by atoms with Crippen molar-refractivity contribution >= 4 is 17.3 Å². The van der Waals surface area contributed by atoms with E-state index in [9.17, 15) is 35.1 Å². The summed E-state index contributed by atoms with van der Waals surface area (Å²) in [6, 6.07) is 12.9. The Morgan fingerprint density at radius 2 is 1.51 bits per heavy atom. The van der Waals surface area contributed by atoms with Crippen molar-refractivity contribution in [2.24, 2.45) is 0 Å². The number of hydrogen-bond donors (Lipinski definition) is 1. The summed E-state index contributed by atoms with van der Waals surface area (Å²) in [7, 11) is 0. The first-order valence-corrected chi connectivity index (χ1v) is 10.4. The predicted octanol–water partition coefficient (Wildman–Crippen LogP) is 6.42. The molecule has 0 saturated carbocycles. The zero-order valence-corrected chi connectivity index (χ0v) is 17.8. The van der Waals surface area contributed by atoms with E-state index in [1.54, 1.807) is 30.3 Å². The first kappa shape index (κ1) is 24.6. The molecule has 4 rings (SSSR count). The maximum Gasteiger partial charge on any atom is 0.405 e. The second-order valence-corrected chi connectivity index (χ2v) is 7.87. The van der Waals surface area contributed by atoms with Gasteiger partial charge < -0.3 is 10.1 Å². The SMILES string of the molecule is Fc1cc2c(cc1NCC(F)(F)F)Oc1c/c(=C/CCC(F)(F)F)c(F)cc1=C2c1ccccc1. The Kier molecular flexibility index (Phi) is 6.48. The number of ether oxygens (including phenoxy) is 1. The Balaban J connectivity index is 1.88. The maximum absolute atomic E-state index is 14.8. The van der Waals surface area contributed by atoms with Crippen LogP contribution in [0.5, 0.6) is 11.5 Å². The molecule has 0 aliphatic carbocycles. The molecular formula is C25H17F8NO. The van der Waals surface area contributed by atoms with Gasteiger partial charge in [0.2, 0.25) is 0 Å². The quantitative estimate of drug-likeness (QED) is 0.320. The lowest BCUT2D eigenvalue weighted by molar-refractivity contribution is -0.133. The summed E-state index contributed by atoms with van der Waals surface area (Å²) >= 11 is 0. The number of rotatable bonds is 5. The smallest absolute Gasteiger partial charge is 0.405 e. The maximum atomic E-state index is 14.8. The van der Waals surface area contributed by atoms with E-state index in [4.69, 9.17) is 4.74 Å². The van der Waals surface area contributed by atoms with Crippen molar-refractivity contribution in [1.29, 1.82) is 0 Å². The molecule has 0 unspecified atom stereocenters. The van der Waals surface area contributed by atoms with E-state index in [2.05, 4.69) is 0 Å².